The summed E-state index contributed by atoms with van der Waals surface area (Å²) >= 11 is 0. The van der Waals surface area contributed by atoms with Gasteiger partial charge in [0.15, 0.2) is 6.04 Å². The largest absolute Gasteiger partial charge is 0.494 e. The molecule has 1 aromatic rings. The standard InChI is InChI=1S/C16H24N2O2/c1-4-20-15-9-5-13(6-10-15)11-18(3)12(2)16(19)17-14-7-8-14/h5-6,9-10,12,14H,4,7-8,11H2,1-3H3,(H,17,19)/p+1/t12-/m1/s1. The summed E-state index contributed by atoms with van der Waals surface area (Å²) in [6.07, 6.45) is 2.27. The Hall–Kier alpha value is -1.55. The average molecular weight is 277 g/mol. The van der Waals surface area contributed by atoms with Crippen molar-refractivity contribution in [1.29, 1.82) is 0 Å². The van der Waals surface area contributed by atoms with Gasteiger partial charge in [0.1, 0.15) is 12.3 Å². The second kappa shape index (κ2) is 6.75. The normalized spacial score (nSPS) is 17.4. The number of carbonyl (C=O) groups is 1. The second-order valence-corrected chi connectivity index (χ2v) is 5.60. The fourth-order valence-electron chi connectivity index (χ4n) is 2.12. The van der Waals surface area contributed by atoms with Crippen LogP contribution >= 0.6 is 0 Å². The fourth-order valence-corrected chi connectivity index (χ4v) is 2.12. The monoisotopic (exact) mass is 277 g/mol. The van der Waals surface area contributed by atoms with Crippen molar-refractivity contribution in [3.05, 3.63) is 29.8 Å². The van der Waals surface area contributed by atoms with E-state index in [9.17, 15) is 4.79 Å². The Morgan fingerprint density at radius 2 is 2.05 bits per heavy atom. The van der Waals surface area contributed by atoms with Crippen LogP contribution in [0.15, 0.2) is 24.3 Å². The SMILES string of the molecule is CCOc1ccc(C[NH+](C)[C@H](C)C(=O)NC2CC2)cc1. The van der Waals surface area contributed by atoms with Crippen molar-refractivity contribution in [1.82, 2.24) is 5.32 Å². The molecule has 2 atom stereocenters. The maximum Gasteiger partial charge on any atom is 0.278 e. The highest BCUT2D eigenvalue weighted by molar-refractivity contribution is 5.80. The van der Waals surface area contributed by atoms with Gasteiger partial charge in [0.05, 0.1) is 13.7 Å². The number of ether oxygens (including phenoxy) is 1. The lowest BCUT2D eigenvalue weighted by molar-refractivity contribution is -0.908. The number of amides is 1. The molecule has 0 aromatic heterocycles. The summed E-state index contributed by atoms with van der Waals surface area (Å²) in [6.45, 7) is 5.49. The van der Waals surface area contributed by atoms with Crippen LogP contribution in [0.2, 0.25) is 0 Å². The van der Waals surface area contributed by atoms with Crippen LogP contribution in [0.1, 0.15) is 32.3 Å². The van der Waals surface area contributed by atoms with Crippen molar-refractivity contribution in [2.24, 2.45) is 0 Å². The number of hydrogen-bond donors (Lipinski definition) is 2. The molecule has 1 aromatic carbocycles. The number of benzene rings is 1. The van der Waals surface area contributed by atoms with Crippen LogP contribution < -0.4 is 15.0 Å². The van der Waals surface area contributed by atoms with Crippen molar-refractivity contribution in [3.63, 3.8) is 0 Å². The minimum Gasteiger partial charge on any atom is -0.494 e. The molecule has 0 saturated heterocycles. The van der Waals surface area contributed by atoms with Crippen LogP contribution in [0, 0.1) is 0 Å². The lowest BCUT2D eigenvalue weighted by atomic mass is 10.2. The summed E-state index contributed by atoms with van der Waals surface area (Å²) in [5.41, 5.74) is 1.22. The number of nitrogens with one attached hydrogen (secondary N) is 2. The number of quaternary nitrogens is 1. The Labute approximate surface area is 121 Å². The first-order valence-corrected chi connectivity index (χ1v) is 7.44. The lowest BCUT2D eigenvalue weighted by Crippen LogP contribution is -3.12. The van der Waals surface area contributed by atoms with Gasteiger partial charge in [-0.2, -0.15) is 0 Å². The maximum atomic E-state index is 12.0. The Morgan fingerprint density at radius 3 is 2.60 bits per heavy atom. The van der Waals surface area contributed by atoms with E-state index in [4.69, 9.17) is 4.74 Å². The van der Waals surface area contributed by atoms with Crippen LogP contribution in [0.25, 0.3) is 0 Å². The zero-order chi connectivity index (χ0) is 14.5. The first-order chi connectivity index (χ1) is 9.60. The Morgan fingerprint density at radius 1 is 1.40 bits per heavy atom. The molecular formula is C16H25N2O2+. The van der Waals surface area contributed by atoms with Crippen LogP contribution in [-0.2, 0) is 11.3 Å². The minimum atomic E-state index is -0.0258. The Balaban J connectivity index is 1.85. The van der Waals surface area contributed by atoms with Crippen LogP contribution in [0.3, 0.4) is 0 Å². The van der Waals surface area contributed by atoms with Crippen LogP contribution in [0.5, 0.6) is 5.75 Å². The van der Waals surface area contributed by atoms with Crippen molar-refractivity contribution in [2.45, 2.75) is 45.3 Å². The Kier molecular flexibility index (Phi) is 5.01. The highest BCUT2D eigenvalue weighted by Crippen LogP contribution is 2.18. The highest BCUT2D eigenvalue weighted by atomic mass is 16.5. The zero-order valence-corrected chi connectivity index (χ0v) is 12.6. The van der Waals surface area contributed by atoms with Gasteiger partial charge in [0, 0.05) is 11.6 Å². The smallest absolute Gasteiger partial charge is 0.278 e. The summed E-state index contributed by atoms with van der Waals surface area (Å²) in [6, 6.07) is 8.52. The topological polar surface area (TPSA) is 42.8 Å². The van der Waals surface area contributed by atoms with E-state index in [1.165, 1.54) is 10.5 Å². The molecule has 1 amide bonds. The molecular weight excluding hydrogens is 252 g/mol. The van der Waals surface area contributed by atoms with Crippen molar-refractivity contribution < 1.29 is 14.4 Å². The molecule has 1 aliphatic carbocycles. The number of hydrogen-bond acceptors (Lipinski definition) is 2. The van der Waals surface area contributed by atoms with E-state index in [2.05, 4.69) is 24.5 Å². The first kappa shape index (κ1) is 14.9. The molecule has 1 unspecified atom stereocenters. The van der Waals surface area contributed by atoms with E-state index in [0.717, 1.165) is 25.1 Å². The minimum absolute atomic E-state index is 0.0258. The first-order valence-electron chi connectivity index (χ1n) is 7.44. The van der Waals surface area contributed by atoms with Gasteiger partial charge >= 0.3 is 0 Å². The molecule has 2 rings (SSSR count). The third-order valence-corrected chi connectivity index (χ3v) is 3.77. The molecule has 0 spiro atoms. The summed E-state index contributed by atoms with van der Waals surface area (Å²) in [5.74, 6) is 1.06. The van der Waals surface area contributed by atoms with E-state index in [0.29, 0.717) is 12.6 Å². The molecule has 0 heterocycles. The third kappa shape index (κ3) is 4.23. The molecule has 1 aliphatic rings. The molecule has 20 heavy (non-hydrogen) atoms. The quantitative estimate of drug-likeness (QED) is 0.773. The summed E-state index contributed by atoms with van der Waals surface area (Å²) in [5, 5.41) is 3.07. The predicted octanol–water partition coefficient (Wildman–Crippen LogP) is 0.767. The molecule has 0 bridgehead atoms. The average Bonchev–Trinajstić information content (AvgIpc) is 3.24. The highest BCUT2D eigenvalue weighted by Gasteiger charge is 2.29. The van der Waals surface area contributed by atoms with Crippen molar-refractivity contribution in [2.75, 3.05) is 13.7 Å². The number of rotatable bonds is 7. The Bertz CT molecular complexity index is 440. The fraction of sp³-hybridized carbons (Fsp3) is 0.562. The molecule has 0 radical (unpaired) electrons. The van der Waals surface area contributed by atoms with Gasteiger partial charge < -0.3 is 15.0 Å². The van der Waals surface area contributed by atoms with Crippen molar-refractivity contribution in [3.8, 4) is 5.75 Å². The molecule has 1 fully saturated rings. The van der Waals surface area contributed by atoms with Gasteiger partial charge in [-0.1, -0.05) is 0 Å². The summed E-state index contributed by atoms with van der Waals surface area (Å²) in [7, 11) is 2.06. The van der Waals surface area contributed by atoms with Gasteiger partial charge in [-0.15, -0.1) is 0 Å². The lowest BCUT2D eigenvalue weighted by Gasteiger charge is -2.21. The van der Waals surface area contributed by atoms with E-state index in [1.807, 2.05) is 26.0 Å². The van der Waals surface area contributed by atoms with Gasteiger partial charge in [0.2, 0.25) is 0 Å². The van der Waals surface area contributed by atoms with E-state index in [1.54, 1.807) is 0 Å². The second-order valence-electron chi connectivity index (χ2n) is 5.60. The molecule has 2 N–H and O–H groups in total. The number of likely N-dealkylation sites (N-methyl/N-ethyl adjacent to an activating group) is 1. The van der Waals surface area contributed by atoms with E-state index >= 15 is 0 Å². The van der Waals surface area contributed by atoms with Gasteiger partial charge in [0.25, 0.3) is 5.91 Å². The van der Waals surface area contributed by atoms with Crippen LogP contribution in [0.4, 0.5) is 0 Å². The van der Waals surface area contributed by atoms with Gasteiger partial charge in [-0.05, 0) is 51.0 Å². The number of carbonyl (C=O) groups excluding carboxylic acids is 1. The van der Waals surface area contributed by atoms with Crippen LogP contribution in [-0.4, -0.2) is 31.6 Å². The van der Waals surface area contributed by atoms with Gasteiger partial charge in [-0.25, -0.2) is 0 Å². The van der Waals surface area contributed by atoms with Gasteiger partial charge in [-0.3, -0.25) is 4.79 Å². The van der Waals surface area contributed by atoms with E-state index in [-0.39, 0.29) is 11.9 Å². The summed E-state index contributed by atoms with van der Waals surface area (Å²) < 4.78 is 5.43. The molecule has 4 heteroatoms. The predicted molar refractivity (Wildman–Crippen MR) is 78.8 cm³/mol. The molecule has 0 aliphatic heterocycles. The third-order valence-electron chi connectivity index (χ3n) is 3.77. The maximum absolute atomic E-state index is 12.0. The molecule has 4 nitrogen and oxygen atoms in total. The zero-order valence-electron chi connectivity index (χ0n) is 12.6. The van der Waals surface area contributed by atoms with Crippen molar-refractivity contribution >= 4 is 5.91 Å². The molecule has 110 valence electrons. The summed E-state index contributed by atoms with van der Waals surface area (Å²) in [4.78, 5) is 13.2. The van der Waals surface area contributed by atoms with E-state index < -0.39 is 0 Å². The molecule has 1 saturated carbocycles.